The lowest BCUT2D eigenvalue weighted by molar-refractivity contribution is 0.416. The van der Waals surface area contributed by atoms with Crippen LogP contribution in [0.5, 0.6) is 5.75 Å². The minimum absolute atomic E-state index is 0.401. The van der Waals surface area contributed by atoms with Crippen LogP contribution in [0.2, 0.25) is 0 Å². The number of hydrogen-bond donors (Lipinski definition) is 1. The molecule has 2 bridgehead atoms. The summed E-state index contributed by atoms with van der Waals surface area (Å²) in [6.45, 7) is 0. The van der Waals surface area contributed by atoms with Crippen molar-refractivity contribution in [3.05, 3.63) is 53.7 Å². The summed E-state index contributed by atoms with van der Waals surface area (Å²) in [5.74, 6) is 0.801. The van der Waals surface area contributed by atoms with Crippen LogP contribution in [0.1, 0.15) is 30.1 Å². The lowest BCUT2D eigenvalue weighted by Crippen LogP contribution is -2.32. The van der Waals surface area contributed by atoms with Crippen LogP contribution in [0.4, 0.5) is 0 Å². The molecule has 26 heavy (non-hydrogen) atoms. The Bertz CT molecular complexity index is 1030. The van der Waals surface area contributed by atoms with E-state index in [1.54, 1.807) is 7.11 Å². The summed E-state index contributed by atoms with van der Waals surface area (Å²) in [5.41, 5.74) is 3.88. The van der Waals surface area contributed by atoms with Crippen LogP contribution in [0.3, 0.4) is 0 Å². The summed E-state index contributed by atoms with van der Waals surface area (Å²) in [7, 11) is 2.60. The molecular weight excluding hydrogens is 344 g/mol. The van der Waals surface area contributed by atoms with Crippen LogP contribution in [-0.2, 0) is 24.3 Å². The van der Waals surface area contributed by atoms with Gasteiger partial charge in [-0.05, 0) is 42.7 Å². The van der Waals surface area contributed by atoms with Gasteiger partial charge in [0, 0.05) is 46.4 Å². The number of nitrogens with one attached hydrogen (secondary N) is 1. The van der Waals surface area contributed by atoms with E-state index in [4.69, 9.17) is 4.74 Å². The predicted octanol–water partition coefficient (Wildman–Crippen LogP) is 3.70. The molecule has 3 unspecified atom stereocenters. The average Bonchev–Trinajstić information content (AvgIpc) is 3.20. The quantitative estimate of drug-likeness (QED) is 0.769. The number of aryl methyl sites for hydroxylation is 1. The maximum atomic E-state index is 13.1. The van der Waals surface area contributed by atoms with Gasteiger partial charge in [-0.25, -0.2) is 4.21 Å². The lowest BCUT2D eigenvalue weighted by atomic mass is 9.99. The molecule has 1 N–H and O–H groups in total. The molecule has 1 aromatic heterocycles. The molecule has 0 saturated carbocycles. The first-order valence-corrected chi connectivity index (χ1v) is 10.2. The summed E-state index contributed by atoms with van der Waals surface area (Å²) in [4.78, 5) is 1.62. The van der Waals surface area contributed by atoms with Crippen molar-refractivity contribution in [2.24, 2.45) is 7.05 Å². The third-order valence-electron chi connectivity index (χ3n) is 5.81. The monoisotopic (exact) mass is 366 g/mol. The van der Waals surface area contributed by atoms with Gasteiger partial charge in [0.25, 0.3) is 0 Å². The van der Waals surface area contributed by atoms with Gasteiger partial charge < -0.3 is 14.6 Å². The van der Waals surface area contributed by atoms with Crippen molar-refractivity contribution < 1.29 is 8.95 Å². The van der Waals surface area contributed by atoms with Gasteiger partial charge in [-0.15, -0.1) is 0 Å². The van der Waals surface area contributed by atoms with Gasteiger partial charge in [-0.3, -0.25) is 0 Å². The first-order chi connectivity index (χ1) is 12.7. The topological polar surface area (TPSA) is 43.3 Å². The van der Waals surface area contributed by atoms with Gasteiger partial charge in [0.15, 0.2) is 0 Å². The molecule has 3 heterocycles. The molecule has 0 amide bonds. The fourth-order valence-electron chi connectivity index (χ4n) is 4.62. The highest BCUT2D eigenvalue weighted by atomic mass is 32.2. The van der Waals surface area contributed by atoms with Crippen LogP contribution in [0.15, 0.2) is 52.3 Å². The van der Waals surface area contributed by atoms with Crippen LogP contribution in [0.25, 0.3) is 10.9 Å². The first kappa shape index (κ1) is 16.1. The molecule has 0 radical (unpaired) electrons. The maximum absolute atomic E-state index is 13.1. The largest absolute Gasteiger partial charge is 0.495 e. The van der Waals surface area contributed by atoms with Gasteiger partial charge in [-0.2, -0.15) is 0 Å². The molecule has 4 nitrogen and oxygen atoms in total. The van der Waals surface area contributed by atoms with E-state index < -0.39 is 10.8 Å². The van der Waals surface area contributed by atoms with Crippen LogP contribution in [-0.4, -0.2) is 21.9 Å². The number of rotatable bonds is 3. The van der Waals surface area contributed by atoms with Gasteiger partial charge in [0.2, 0.25) is 0 Å². The van der Waals surface area contributed by atoms with Crippen molar-refractivity contribution in [3.63, 3.8) is 0 Å². The number of benzene rings is 2. The van der Waals surface area contributed by atoms with E-state index in [2.05, 4.69) is 23.0 Å². The fraction of sp³-hybridized carbons (Fsp3) is 0.333. The number of hydrogen-bond acceptors (Lipinski definition) is 3. The molecule has 3 aromatic rings. The molecule has 2 aliphatic heterocycles. The van der Waals surface area contributed by atoms with E-state index >= 15 is 0 Å². The Labute approximate surface area is 155 Å². The standard InChI is InChI=1S/C21H22N2O2S/c1-23-18-10-13-8-9-17(22-13)20(18)16-11-15(12-19(25-2)21(16)23)26(24)14-6-4-3-5-7-14/h3-7,11-13,17,22H,8-10H2,1-2H3. The van der Waals surface area contributed by atoms with Crippen LogP contribution in [0, 0.1) is 0 Å². The third kappa shape index (κ3) is 2.27. The molecule has 1 fully saturated rings. The Kier molecular flexibility index (Phi) is 3.69. The van der Waals surface area contributed by atoms with E-state index in [0.29, 0.717) is 12.1 Å². The summed E-state index contributed by atoms with van der Waals surface area (Å²) in [6, 6.07) is 14.7. The molecule has 5 rings (SSSR count). The second-order valence-electron chi connectivity index (χ2n) is 7.22. The normalized spacial score (nSPS) is 22.4. The van der Waals surface area contributed by atoms with E-state index in [0.717, 1.165) is 27.5 Å². The highest BCUT2D eigenvalue weighted by molar-refractivity contribution is 7.85. The predicted molar refractivity (Wildman–Crippen MR) is 103 cm³/mol. The highest BCUT2D eigenvalue weighted by Gasteiger charge is 2.36. The highest BCUT2D eigenvalue weighted by Crippen LogP contribution is 2.44. The van der Waals surface area contributed by atoms with Crippen molar-refractivity contribution in [2.75, 3.05) is 7.11 Å². The Hall–Kier alpha value is -2.11. The molecule has 2 aromatic carbocycles. The molecule has 2 aliphatic rings. The van der Waals surface area contributed by atoms with E-state index in [1.807, 2.05) is 36.4 Å². The van der Waals surface area contributed by atoms with Gasteiger partial charge in [0.1, 0.15) is 5.75 Å². The summed E-state index contributed by atoms with van der Waals surface area (Å²) < 4.78 is 21.1. The second kappa shape index (κ2) is 5.96. The maximum Gasteiger partial charge on any atom is 0.144 e. The van der Waals surface area contributed by atoms with Crippen molar-refractivity contribution in [1.29, 1.82) is 0 Å². The first-order valence-electron chi connectivity index (χ1n) is 9.09. The number of aromatic nitrogens is 1. The molecule has 134 valence electrons. The minimum atomic E-state index is -1.22. The Morgan fingerprint density at radius 3 is 2.73 bits per heavy atom. The van der Waals surface area contributed by atoms with E-state index in [-0.39, 0.29) is 0 Å². The second-order valence-corrected chi connectivity index (χ2v) is 8.70. The summed E-state index contributed by atoms with van der Waals surface area (Å²) >= 11 is 0. The average molecular weight is 366 g/mol. The lowest BCUT2D eigenvalue weighted by Gasteiger charge is -2.23. The molecule has 0 spiro atoms. The fourth-order valence-corrected chi connectivity index (χ4v) is 5.74. The van der Waals surface area contributed by atoms with Crippen LogP contribution >= 0.6 is 0 Å². The van der Waals surface area contributed by atoms with Crippen molar-refractivity contribution in [1.82, 2.24) is 9.88 Å². The molecule has 1 saturated heterocycles. The van der Waals surface area contributed by atoms with Crippen molar-refractivity contribution in [3.8, 4) is 5.75 Å². The number of ether oxygens (including phenoxy) is 1. The van der Waals surface area contributed by atoms with E-state index in [1.165, 1.54) is 29.5 Å². The zero-order valence-corrected chi connectivity index (χ0v) is 15.8. The summed E-state index contributed by atoms with van der Waals surface area (Å²) in [6.07, 6.45) is 3.45. The SMILES string of the molecule is COc1cc(S(=O)c2ccccc2)cc2c3c(n(C)c12)CC1CCC3N1. The minimum Gasteiger partial charge on any atom is -0.495 e. The van der Waals surface area contributed by atoms with Gasteiger partial charge in [-0.1, -0.05) is 18.2 Å². The smallest absolute Gasteiger partial charge is 0.144 e. The number of fused-ring (bicyclic) bond motifs is 6. The molecule has 3 atom stereocenters. The Balaban J connectivity index is 1.74. The zero-order chi connectivity index (χ0) is 17.8. The Morgan fingerprint density at radius 2 is 1.96 bits per heavy atom. The van der Waals surface area contributed by atoms with Crippen molar-refractivity contribution >= 4 is 21.7 Å². The molecular formula is C21H22N2O2S. The van der Waals surface area contributed by atoms with Crippen LogP contribution < -0.4 is 10.1 Å². The number of nitrogens with zero attached hydrogens (tertiary/aromatic N) is 1. The number of methoxy groups -OCH3 is 1. The Morgan fingerprint density at radius 1 is 1.15 bits per heavy atom. The van der Waals surface area contributed by atoms with Crippen molar-refractivity contribution in [2.45, 2.75) is 41.1 Å². The molecule has 5 heteroatoms. The third-order valence-corrected chi connectivity index (χ3v) is 7.17. The van der Waals surface area contributed by atoms with Gasteiger partial charge >= 0.3 is 0 Å². The van der Waals surface area contributed by atoms with E-state index in [9.17, 15) is 4.21 Å². The zero-order valence-electron chi connectivity index (χ0n) is 15.0. The summed E-state index contributed by atoms with van der Waals surface area (Å²) in [5, 5.41) is 4.92. The molecule has 0 aliphatic carbocycles. The van der Waals surface area contributed by atoms with Gasteiger partial charge in [0.05, 0.1) is 23.4 Å².